The second-order valence-electron chi connectivity index (χ2n) is 2.27. The molecule has 1 aliphatic heterocycles. The van der Waals surface area contributed by atoms with Crippen molar-refractivity contribution in [2.75, 3.05) is 0 Å². The van der Waals surface area contributed by atoms with Gasteiger partial charge in [0.1, 0.15) is 5.56 Å². The lowest BCUT2D eigenvalue weighted by atomic mass is 10.2. The molecule has 0 fully saturated rings. The van der Waals surface area contributed by atoms with Crippen molar-refractivity contribution in [3.8, 4) is 10.4 Å². The van der Waals surface area contributed by atoms with Crippen LogP contribution in [0.5, 0.6) is 0 Å². The van der Waals surface area contributed by atoms with E-state index in [1.54, 1.807) is 12.1 Å². The quantitative estimate of drug-likeness (QED) is 0.431. The lowest BCUT2D eigenvalue weighted by Gasteiger charge is -1.97. The fraction of sp³-hybridized carbons (Fsp3) is 0. The molecule has 1 heterocycles. The molecule has 0 bridgehead atoms. The first-order valence-electron chi connectivity index (χ1n) is 3.26. The maximum absolute atomic E-state index is 11.2. The monoisotopic (exact) mass is 180 g/mol. The standard InChI is InChI=1S/C7H4N2O2S/c10-6-2-1-3-7-5(6)4-9(11)8-12-7/h1-4H. The number of fused-ring (bicyclic) bond motifs is 1. The largest absolute Gasteiger partial charge is 0.594 e. The first-order valence-corrected chi connectivity index (χ1v) is 4.04. The van der Waals surface area contributed by atoms with E-state index >= 15 is 0 Å². The Balaban J connectivity index is 2.88. The molecule has 12 heavy (non-hydrogen) atoms. The molecule has 0 amide bonds. The Kier molecular flexibility index (Phi) is 1.51. The average molecular weight is 180 g/mol. The van der Waals surface area contributed by atoms with Crippen molar-refractivity contribution in [1.29, 1.82) is 0 Å². The number of hydrogen-bond acceptors (Lipinski definition) is 4. The molecule has 0 saturated carbocycles. The summed E-state index contributed by atoms with van der Waals surface area (Å²) in [6.07, 6.45) is 1.19. The minimum absolute atomic E-state index is 0.143. The highest BCUT2D eigenvalue weighted by Gasteiger charge is 2.09. The summed E-state index contributed by atoms with van der Waals surface area (Å²) in [6.45, 7) is 0. The van der Waals surface area contributed by atoms with Crippen LogP contribution in [0.2, 0.25) is 0 Å². The lowest BCUT2D eigenvalue weighted by Crippen LogP contribution is -2.30. The van der Waals surface area contributed by atoms with Gasteiger partial charge in [0.05, 0.1) is 9.37 Å². The van der Waals surface area contributed by atoms with Gasteiger partial charge < -0.3 is 5.21 Å². The average Bonchev–Trinajstić information content (AvgIpc) is 2.07. The molecule has 0 saturated heterocycles. The molecule has 0 aromatic heterocycles. The van der Waals surface area contributed by atoms with Gasteiger partial charge in [0.25, 0.3) is 0 Å². The van der Waals surface area contributed by atoms with Crippen molar-refractivity contribution in [2.24, 2.45) is 0 Å². The van der Waals surface area contributed by atoms with Crippen LogP contribution in [0.1, 0.15) is 0 Å². The Hall–Kier alpha value is -1.49. The molecule has 60 valence electrons. The summed E-state index contributed by atoms with van der Waals surface area (Å²) in [7, 11) is 0. The first-order chi connectivity index (χ1) is 5.77. The van der Waals surface area contributed by atoms with Crippen molar-refractivity contribution in [1.82, 2.24) is 4.49 Å². The summed E-state index contributed by atoms with van der Waals surface area (Å²) >= 11 is 1.02. The molecular weight excluding hydrogens is 176 g/mol. The van der Waals surface area contributed by atoms with Gasteiger partial charge in [0.2, 0.25) is 6.20 Å². The maximum atomic E-state index is 11.2. The molecule has 0 unspecified atom stereocenters. The van der Waals surface area contributed by atoms with Gasteiger partial charge >= 0.3 is 0 Å². The normalized spacial score (nSPS) is 10.3. The van der Waals surface area contributed by atoms with Crippen LogP contribution in [0.3, 0.4) is 0 Å². The smallest absolute Gasteiger partial charge is 0.223 e. The van der Waals surface area contributed by atoms with Crippen molar-refractivity contribution in [2.45, 2.75) is 0 Å². The van der Waals surface area contributed by atoms with Gasteiger partial charge in [-0.05, 0) is 17.0 Å². The fourth-order valence-corrected chi connectivity index (χ4v) is 1.56. The SMILES string of the molecule is O=c1cccc2sn[n+]([O-])cc1-2. The van der Waals surface area contributed by atoms with Crippen LogP contribution >= 0.6 is 11.5 Å². The van der Waals surface area contributed by atoms with Gasteiger partial charge in [0.15, 0.2) is 5.43 Å². The van der Waals surface area contributed by atoms with Gasteiger partial charge in [-0.1, -0.05) is 6.07 Å². The molecule has 4 nitrogen and oxygen atoms in total. The second-order valence-corrected chi connectivity index (χ2v) is 3.06. The van der Waals surface area contributed by atoms with E-state index in [1.165, 1.54) is 12.3 Å². The van der Waals surface area contributed by atoms with Crippen LogP contribution in [0, 0.1) is 5.21 Å². The van der Waals surface area contributed by atoms with E-state index in [0.717, 1.165) is 16.4 Å². The van der Waals surface area contributed by atoms with E-state index in [1.807, 2.05) is 0 Å². The number of aromatic nitrogens is 2. The van der Waals surface area contributed by atoms with Crippen LogP contribution < -0.4 is 10.3 Å². The molecule has 0 atom stereocenters. The molecular formula is C7H4N2O2S. The minimum Gasteiger partial charge on any atom is -0.594 e. The van der Waals surface area contributed by atoms with Crippen molar-refractivity contribution < 1.29 is 4.85 Å². The minimum atomic E-state index is -0.143. The van der Waals surface area contributed by atoms with E-state index in [0.29, 0.717) is 10.4 Å². The van der Waals surface area contributed by atoms with E-state index in [9.17, 15) is 10.0 Å². The van der Waals surface area contributed by atoms with Gasteiger partial charge in [0, 0.05) is 11.5 Å². The maximum Gasteiger partial charge on any atom is 0.223 e. The summed E-state index contributed by atoms with van der Waals surface area (Å²) in [5, 5.41) is 10.7. The number of nitrogens with zero attached hydrogens (tertiary/aromatic N) is 2. The Bertz CT molecular complexity index is 440. The molecule has 0 radical (unpaired) electrons. The number of rotatable bonds is 0. The van der Waals surface area contributed by atoms with Crippen molar-refractivity contribution in [3.05, 3.63) is 39.8 Å². The predicted molar refractivity (Wildman–Crippen MR) is 44.0 cm³/mol. The molecule has 2 rings (SSSR count). The number of hydrogen-bond donors (Lipinski definition) is 0. The zero-order valence-corrected chi connectivity index (χ0v) is 6.75. The van der Waals surface area contributed by atoms with Crippen molar-refractivity contribution in [3.63, 3.8) is 0 Å². The van der Waals surface area contributed by atoms with Crippen LogP contribution in [0.15, 0.2) is 29.2 Å². The van der Waals surface area contributed by atoms with Crippen LogP contribution in [-0.2, 0) is 0 Å². The molecule has 5 heteroatoms. The van der Waals surface area contributed by atoms with Gasteiger partial charge in [-0.15, -0.1) is 0 Å². The Morgan fingerprint density at radius 1 is 1.50 bits per heavy atom. The first kappa shape index (κ1) is 7.17. The summed E-state index contributed by atoms with van der Waals surface area (Å²) in [4.78, 5) is 12.3. The van der Waals surface area contributed by atoms with Crippen LogP contribution in [0.4, 0.5) is 0 Å². The molecule has 0 aromatic rings. The number of benzene rings is 1. The molecule has 0 aromatic carbocycles. The van der Waals surface area contributed by atoms with Gasteiger partial charge in [-0.3, -0.25) is 4.79 Å². The Morgan fingerprint density at radius 2 is 2.33 bits per heavy atom. The van der Waals surface area contributed by atoms with E-state index in [4.69, 9.17) is 0 Å². The summed E-state index contributed by atoms with van der Waals surface area (Å²) in [6, 6.07) is 4.83. The van der Waals surface area contributed by atoms with Crippen LogP contribution in [0.25, 0.3) is 10.4 Å². The highest BCUT2D eigenvalue weighted by molar-refractivity contribution is 7.09. The predicted octanol–water partition coefficient (Wildman–Crippen LogP) is 0.241. The highest BCUT2D eigenvalue weighted by Crippen LogP contribution is 2.16. The third-order valence-corrected chi connectivity index (χ3v) is 2.28. The third kappa shape index (κ3) is 1.04. The molecule has 2 aliphatic rings. The Labute approximate surface area is 71.8 Å². The van der Waals surface area contributed by atoms with E-state index in [2.05, 4.69) is 4.49 Å². The third-order valence-electron chi connectivity index (χ3n) is 1.49. The van der Waals surface area contributed by atoms with Gasteiger partial charge in [-0.25, -0.2) is 0 Å². The van der Waals surface area contributed by atoms with Gasteiger partial charge in [-0.2, -0.15) is 0 Å². The van der Waals surface area contributed by atoms with E-state index in [-0.39, 0.29) is 5.43 Å². The molecule has 0 spiro atoms. The zero-order valence-electron chi connectivity index (χ0n) is 5.93. The highest BCUT2D eigenvalue weighted by atomic mass is 32.1. The Morgan fingerprint density at radius 3 is 3.17 bits per heavy atom. The topological polar surface area (TPSA) is 56.9 Å². The molecule has 0 N–H and O–H groups in total. The van der Waals surface area contributed by atoms with Crippen LogP contribution in [-0.4, -0.2) is 4.49 Å². The van der Waals surface area contributed by atoms with Crippen molar-refractivity contribution >= 4 is 11.5 Å². The fourth-order valence-electron chi connectivity index (χ4n) is 0.949. The lowest BCUT2D eigenvalue weighted by molar-refractivity contribution is -0.662. The summed E-state index contributed by atoms with van der Waals surface area (Å²) < 4.78 is 3.51. The second kappa shape index (κ2) is 2.53. The molecule has 1 aliphatic carbocycles. The van der Waals surface area contributed by atoms with E-state index < -0.39 is 0 Å². The zero-order chi connectivity index (χ0) is 8.55. The summed E-state index contributed by atoms with van der Waals surface area (Å²) in [5.41, 5.74) is 0.281. The summed E-state index contributed by atoms with van der Waals surface area (Å²) in [5.74, 6) is 0.